The van der Waals surface area contributed by atoms with Crippen LogP contribution in [-0.2, 0) is 0 Å². The Morgan fingerprint density at radius 1 is 0.588 bits per heavy atom. The summed E-state index contributed by atoms with van der Waals surface area (Å²) in [6.07, 6.45) is 15.1. The van der Waals surface area contributed by atoms with Gasteiger partial charge in [-0.25, -0.2) is 0 Å². The number of rotatable bonds is 12. The van der Waals surface area contributed by atoms with Gasteiger partial charge in [0, 0.05) is 0 Å². The van der Waals surface area contributed by atoms with E-state index >= 15 is 0 Å². The summed E-state index contributed by atoms with van der Waals surface area (Å²) in [5.41, 5.74) is 11.7. The van der Waals surface area contributed by atoms with Crippen LogP contribution in [0.3, 0.4) is 0 Å². The quantitative estimate of drug-likeness (QED) is 0.395. The van der Waals surface area contributed by atoms with Crippen LogP contribution < -0.4 is 11.5 Å². The van der Waals surface area contributed by atoms with Gasteiger partial charge in [0.05, 0.1) is 5.66 Å². The zero-order valence-corrected chi connectivity index (χ0v) is 12.1. The van der Waals surface area contributed by atoms with Gasteiger partial charge in [0.2, 0.25) is 0 Å². The fourth-order valence-corrected chi connectivity index (χ4v) is 2.22. The molecule has 0 radical (unpaired) electrons. The molecule has 0 atom stereocenters. The third kappa shape index (κ3) is 12.2. The van der Waals surface area contributed by atoms with Gasteiger partial charge in [0.25, 0.3) is 0 Å². The molecular formula is C15H34N2. The van der Waals surface area contributed by atoms with Crippen molar-refractivity contribution >= 4 is 0 Å². The molecular weight excluding hydrogens is 208 g/mol. The molecule has 0 saturated carbocycles. The van der Waals surface area contributed by atoms with Crippen molar-refractivity contribution in [3.05, 3.63) is 0 Å². The van der Waals surface area contributed by atoms with Gasteiger partial charge in [0.15, 0.2) is 0 Å². The molecule has 0 aromatic carbocycles. The van der Waals surface area contributed by atoms with Gasteiger partial charge in [-0.15, -0.1) is 0 Å². The maximum absolute atomic E-state index is 6.06. The minimum atomic E-state index is -0.405. The number of nitrogens with two attached hydrogens (primary N) is 2. The van der Waals surface area contributed by atoms with E-state index in [1.165, 1.54) is 57.8 Å². The van der Waals surface area contributed by atoms with Gasteiger partial charge < -0.3 is 11.5 Å². The Morgan fingerprint density at radius 2 is 1.00 bits per heavy atom. The Balaban J connectivity index is 3.26. The minimum Gasteiger partial charge on any atom is -0.313 e. The fraction of sp³-hybridized carbons (Fsp3) is 1.00. The highest BCUT2D eigenvalue weighted by molar-refractivity contribution is 4.76. The van der Waals surface area contributed by atoms with Crippen LogP contribution in [0.5, 0.6) is 0 Å². The summed E-state index contributed by atoms with van der Waals surface area (Å²) >= 11 is 0. The molecule has 0 amide bonds. The van der Waals surface area contributed by atoms with Gasteiger partial charge in [-0.2, -0.15) is 0 Å². The summed E-state index contributed by atoms with van der Waals surface area (Å²) < 4.78 is 0. The Hall–Kier alpha value is -0.0800. The summed E-state index contributed by atoms with van der Waals surface area (Å²) in [5.74, 6) is 0. The summed E-state index contributed by atoms with van der Waals surface area (Å²) in [4.78, 5) is 0. The summed E-state index contributed by atoms with van der Waals surface area (Å²) in [5, 5.41) is 0. The predicted molar refractivity (Wildman–Crippen MR) is 77.9 cm³/mol. The van der Waals surface area contributed by atoms with E-state index in [1.54, 1.807) is 0 Å². The zero-order chi connectivity index (χ0) is 13.0. The van der Waals surface area contributed by atoms with Crippen LogP contribution in [0.15, 0.2) is 0 Å². The molecule has 4 N–H and O–H groups in total. The first-order valence-corrected chi connectivity index (χ1v) is 7.70. The molecule has 0 aliphatic rings. The Labute approximate surface area is 109 Å². The Morgan fingerprint density at radius 3 is 1.53 bits per heavy atom. The maximum atomic E-state index is 6.06. The number of hydrogen-bond acceptors (Lipinski definition) is 2. The van der Waals surface area contributed by atoms with E-state index < -0.39 is 5.66 Å². The molecule has 0 rings (SSSR count). The molecule has 0 aliphatic carbocycles. The highest BCUT2D eigenvalue weighted by Gasteiger charge is 2.16. The zero-order valence-electron chi connectivity index (χ0n) is 12.1. The standard InChI is InChI=1S/C15H34N2/c1-3-5-7-8-9-10-11-12-14-15(16,17)13-6-4-2/h3-14,16-17H2,1-2H3. The molecule has 0 aliphatic heterocycles. The molecule has 17 heavy (non-hydrogen) atoms. The third-order valence-corrected chi connectivity index (χ3v) is 3.49. The average Bonchev–Trinajstić information content (AvgIpc) is 2.30. The van der Waals surface area contributed by atoms with Crippen LogP contribution in [0.1, 0.15) is 90.9 Å². The molecule has 0 saturated heterocycles. The highest BCUT2D eigenvalue weighted by atomic mass is 14.9. The second-order valence-corrected chi connectivity index (χ2v) is 5.56. The molecule has 0 aromatic heterocycles. The van der Waals surface area contributed by atoms with Gasteiger partial charge in [-0.05, 0) is 12.8 Å². The lowest BCUT2D eigenvalue weighted by atomic mass is 9.97. The van der Waals surface area contributed by atoms with Gasteiger partial charge in [-0.1, -0.05) is 78.1 Å². The van der Waals surface area contributed by atoms with E-state index in [0.29, 0.717) is 0 Å². The van der Waals surface area contributed by atoms with Gasteiger partial charge in [-0.3, -0.25) is 0 Å². The monoisotopic (exact) mass is 242 g/mol. The van der Waals surface area contributed by atoms with Crippen LogP contribution in [0.25, 0.3) is 0 Å². The molecule has 2 heteroatoms. The fourth-order valence-electron chi connectivity index (χ4n) is 2.22. The van der Waals surface area contributed by atoms with Crippen molar-refractivity contribution in [1.29, 1.82) is 0 Å². The van der Waals surface area contributed by atoms with Crippen LogP contribution in [0.4, 0.5) is 0 Å². The molecule has 0 aromatic rings. The summed E-state index contributed by atoms with van der Waals surface area (Å²) in [7, 11) is 0. The average molecular weight is 242 g/mol. The lowest BCUT2D eigenvalue weighted by Gasteiger charge is -2.24. The van der Waals surface area contributed by atoms with E-state index in [9.17, 15) is 0 Å². The van der Waals surface area contributed by atoms with E-state index in [-0.39, 0.29) is 0 Å². The van der Waals surface area contributed by atoms with Crippen molar-refractivity contribution in [2.45, 2.75) is 96.6 Å². The first-order chi connectivity index (χ1) is 8.12. The van der Waals surface area contributed by atoms with Crippen LogP contribution in [0, 0.1) is 0 Å². The first kappa shape index (κ1) is 16.9. The maximum Gasteiger partial charge on any atom is 0.0636 e. The van der Waals surface area contributed by atoms with Gasteiger partial charge >= 0.3 is 0 Å². The van der Waals surface area contributed by atoms with Crippen molar-refractivity contribution in [2.24, 2.45) is 11.5 Å². The molecule has 2 nitrogen and oxygen atoms in total. The minimum absolute atomic E-state index is 0.405. The van der Waals surface area contributed by atoms with Crippen LogP contribution >= 0.6 is 0 Å². The third-order valence-electron chi connectivity index (χ3n) is 3.49. The van der Waals surface area contributed by atoms with Crippen molar-refractivity contribution in [3.63, 3.8) is 0 Å². The van der Waals surface area contributed by atoms with Crippen molar-refractivity contribution in [3.8, 4) is 0 Å². The van der Waals surface area contributed by atoms with Crippen LogP contribution in [-0.4, -0.2) is 5.66 Å². The van der Waals surface area contributed by atoms with E-state index in [0.717, 1.165) is 19.3 Å². The topological polar surface area (TPSA) is 52.0 Å². The number of unbranched alkanes of at least 4 members (excludes halogenated alkanes) is 8. The van der Waals surface area contributed by atoms with Crippen molar-refractivity contribution in [1.82, 2.24) is 0 Å². The van der Waals surface area contributed by atoms with Crippen molar-refractivity contribution < 1.29 is 0 Å². The molecule has 104 valence electrons. The van der Waals surface area contributed by atoms with E-state index in [1.807, 2.05) is 0 Å². The van der Waals surface area contributed by atoms with Gasteiger partial charge in [0.1, 0.15) is 0 Å². The molecule has 0 fully saturated rings. The van der Waals surface area contributed by atoms with Crippen LogP contribution in [0.2, 0.25) is 0 Å². The van der Waals surface area contributed by atoms with E-state index in [4.69, 9.17) is 11.5 Å². The lowest BCUT2D eigenvalue weighted by Crippen LogP contribution is -2.49. The van der Waals surface area contributed by atoms with Crippen molar-refractivity contribution in [2.75, 3.05) is 0 Å². The Kier molecular flexibility index (Phi) is 11.0. The number of hydrogen-bond donors (Lipinski definition) is 2. The van der Waals surface area contributed by atoms with E-state index in [2.05, 4.69) is 13.8 Å². The molecule has 0 unspecified atom stereocenters. The highest BCUT2D eigenvalue weighted by Crippen LogP contribution is 2.15. The predicted octanol–water partition coefficient (Wildman–Crippen LogP) is 4.32. The molecule has 0 bridgehead atoms. The summed E-state index contributed by atoms with van der Waals surface area (Å²) in [6, 6.07) is 0. The lowest BCUT2D eigenvalue weighted by molar-refractivity contribution is 0.350. The molecule has 0 spiro atoms. The second-order valence-electron chi connectivity index (χ2n) is 5.56. The second kappa shape index (κ2) is 11.0. The summed E-state index contributed by atoms with van der Waals surface area (Å²) in [6.45, 7) is 4.45. The Bertz CT molecular complexity index is 155. The first-order valence-electron chi connectivity index (χ1n) is 7.70. The normalized spacial score (nSPS) is 12.0. The SMILES string of the molecule is CCCCCCCCCCC(N)(N)CCCC. The largest absolute Gasteiger partial charge is 0.313 e. The smallest absolute Gasteiger partial charge is 0.0636 e. The molecule has 0 heterocycles.